The zero-order chi connectivity index (χ0) is 15.6. The van der Waals surface area contributed by atoms with Crippen molar-refractivity contribution in [3.63, 3.8) is 0 Å². The van der Waals surface area contributed by atoms with E-state index < -0.39 is 0 Å². The van der Waals surface area contributed by atoms with Gasteiger partial charge in [-0.15, -0.1) is 0 Å². The molecule has 0 atom stereocenters. The van der Waals surface area contributed by atoms with Crippen molar-refractivity contribution in [2.45, 2.75) is 33.3 Å². The minimum Gasteiger partial charge on any atom is -0.488 e. The molecule has 0 heterocycles. The van der Waals surface area contributed by atoms with Crippen LogP contribution in [0.4, 0.5) is 0 Å². The fraction of sp³-hybridized carbons (Fsp3) is 0.294. The van der Waals surface area contributed by atoms with Crippen LogP contribution in [0.25, 0.3) is 0 Å². The number of hydrogen-bond acceptors (Lipinski definition) is 2. The smallest absolute Gasteiger partial charge is 0.130 e. The molecule has 2 aromatic rings. The molecule has 0 fully saturated rings. The van der Waals surface area contributed by atoms with Gasteiger partial charge in [-0.2, -0.15) is 0 Å². The van der Waals surface area contributed by atoms with E-state index in [-0.39, 0.29) is 5.60 Å². The number of halogens is 2. The zero-order valence-corrected chi connectivity index (χ0v) is 14.0. The molecule has 112 valence electrons. The van der Waals surface area contributed by atoms with Crippen LogP contribution in [0.3, 0.4) is 0 Å². The van der Waals surface area contributed by atoms with Crippen molar-refractivity contribution >= 4 is 23.2 Å². The molecule has 0 saturated carbocycles. The summed E-state index contributed by atoms with van der Waals surface area (Å²) in [7, 11) is 0. The van der Waals surface area contributed by atoms with Crippen LogP contribution in [-0.4, -0.2) is 5.60 Å². The first-order chi connectivity index (χ1) is 9.74. The van der Waals surface area contributed by atoms with Crippen LogP contribution in [0.2, 0.25) is 10.0 Å². The Morgan fingerprint density at radius 2 is 1.52 bits per heavy atom. The molecule has 2 rings (SSSR count). The molecular formula is C17H18Cl2O2. The summed E-state index contributed by atoms with van der Waals surface area (Å²) in [4.78, 5) is 0. The molecule has 0 aliphatic heterocycles. The average Bonchev–Trinajstić information content (AvgIpc) is 2.35. The van der Waals surface area contributed by atoms with Crippen LogP contribution in [0.1, 0.15) is 26.3 Å². The van der Waals surface area contributed by atoms with E-state index in [0.29, 0.717) is 15.8 Å². The largest absolute Gasteiger partial charge is 0.488 e. The van der Waals surface area contributed by atoms with E-state index in [1.807, 2.05) is 45.9 Å². The van der Waals surface area contributed by atoms with Crippen LogP contribution < -0.4 is 9.47 Å². The van der Waals surface area contributed by atoms with Crippen molar-refractivity contribution in [1.29, 1.82) is 0 Å². The van der Waals surface area contributed by atoms with Crippen LogP contribution in [-0.2, 0) is 0 Å². The molecule has 0 unspecified atom stereocenters. The summed E-state index contributed by atoms with van der Waals surface area (Å²) < 4.78 is 11.7. The highest BCUT2D eigenvalue weighted by molar-refractivity contribution is 6.42. The van der Waals surface area contributed by atoms with Gasteiger partial charge in [0.2, 0.25) is 0 Å². The van der Waals surface area contributed by atoms with Gasteiger partial charge in [0.05, 0.1) is 10.0 Å². The molecule has 0 radical (unpaired) electrons. The first kappa shape index (κ1) is 16.0. The minimum atomic E-state index is -0.224. The van der Waals surface area contributed by atoms with Gasteiger partial charge in [0, 0.05) is 6.07 Å². The van der Waals surface area contributed by atoms with E-state index in [9.17, 15) is 0 Å². The molecule has 4 heteroatoms. The van der Waals surface area contributed by atoms with Gasteiger partial charge >= 0.3 is 0 Å². The number of ether oxygens (including phenoxy) is 2. The van der Waals surface area contributed by atoms with Gasteiger partial charge in [0.15, 0.2) is 0 Å². The number of rotatable bonds is 3. The highest BCUT2D eigenvalue weighted by Gasteiger charge is 2.13. The summed E-state index contributed by atoms with van der Waals surface area (Å²) in [5.74, 6) is 2.23. The number of hydrogen-bond donors (Lipinski definition) is 0. The summed E-state index contributed by atoms with van der Waals surface area (Å²) in [5.41, 5.74) is 0.765. The molecule has 0 saturated heterocycles. The molecule has 0 N–H and O–H groups in total. The maximum absolute atomic E-state index is 5.99. The second-order valence-corrected chi connectivity index (χ2v) is 6.63. The molecule has 2 nitrogen and oxygen atoms in total. The number of benzene rings is 2. The molecule has 0 aliphatic carbocycles. The fourth-order valence-corrected chi connectivity index (χ4v) is 2.11. The predicted molar refractivity (Wildman–Crippen MR) is 88.1 cm³/mol. The first-order valence-corrected chi connectivity index (χ1v) is 7.43. The predicted octanol–water partition coefficient (Wildman–Crippen LogP) is 6.27. The Morgan fingerprint density at radius 1 is 0.857 bits per heavy atom. The lowest BCUT2D eigenvalue weighted by Gasteiger charge is -2.22. The van der Waals surface area contributed by atoms with Crippen LogP contribution in [0, 0.1) is 6.92 Å². The summed E-state index contributed by atoms with van der Waals surface area (Å²) in [5, 5.41) is 0.981. The Hall–Kier alpha value is -1.38. The highest BCUT2D eigenvalue weighted by Crippen LogP contribution is 2.32. The summed E-state index contributed by atoms with van der Waals surface area (Å²) in [6.45, 7) is 8.02. The molecule has 0 aliphatic rings. The molecule has 0 bridgehead atoms. The van der Waals surface area contributed by atoms with Gasteiger partial charge in [0.1, 0.15) is 22.8 Å². The Bertz CT molecular complexity index is 646. The van der Waals surface area contributed by atoms with Crippen LogP contribution >= 0.6 is 23.2 Å². The third-order valence-electron chi connectivity index (χ3n) is 2.69. The molecule has 0 aromatic heterocycles. The maximum Gasteiger partial charge on any atom is 0.130 e. The lowest BCUT2D eigenvalue weighted by Crippen LogP contribution is -2.22. The summed E-state index contributed by atoms with van der Waals surface area (Å²) in [6, 6.07) is 10.9. The van der Waals surface area contributed by atoms with Gasteiger partial charge in [-0.25, -0.2) is 0 Å². The monoisotopic (exact) mass is 324 g/mol. The van der Waals surface area contributed by atoms with E-state index in [1.165, 1.54) is 0 Å². The van der Waals surface area contributed by atoms with E-state index >= 15 is 0 Å². The quantitative estimate of drug-likeness (QED) is 0.662. The van der Waals surface area contributed by atoms with Crippen molar-refractivity contribution in [2.75, 3.05) is 0 Å². The lowest BCUT2D eigenvalue weighted by molar-refractivity contribution is 0.131. The maximum atomic E-state index is 5.99. The van der Waals surface area contributed by atoms with E-state index in [1.54, 1.807) is 18.2 Å². The normalized spacial score (nSPS) is 11.3. The molecular weight excluding hydrogens is 307 g/mol. The van der Waals surface area contributed by atoms with Crippen molar-refractivity contribution < 1.29 is 9.47 Å². The van der Waals surface area contributed by atoms with Gasteiger partial charge in [-0.1, -0.05) is 23.2 Å². The Labute approximate surface area is 135 Å². The Kier molecular flexibility index (Phi) is 4.70. The fourth-order valence-electron chi connectivity index (χ4n) is 1.82. The van der Waals surface area contributed by atoms with Crippen molar-refractivity contribution in [3.05, 3.63) is 52.0 Å². The molecule has 0 spiro atoms. The number of aryl methyl sites for hydroxylation is 1. The summed E-state index contributed by atoms with van der Waals surface area (Å²) in [6.07, 6.45) is 0. The zero-order valence-electron chi connectivity index (χ0n) is 12.5. The Balaban J connectivity index is 2.19. The molecule has 2 aromatic carbocycles. The van der Waals surface area contributed by atoms with E-state index in [2.05, 4.69) is 0 Å². The average molecular weight is 325 g/mol. The highest BCUT2D eigenvalue weighted by atomic mass is 35.5. The van der Waals surface area contributed by atoms with Gasteiger partial charge < -0.3 is 9.47 Å². The summed E-state index contributed by atoms with van der Waals surface area (Å²) >= 11 is 11.9. The first-order valence-electron chi connectivity index (χ1n) is 6.67. The van der Waals surface area contributed by atoms with Gasteiger partial charge in [-0.3, -0.25) is 0 Å². The SMILES string of the molecule is Cc1cc(OC(C)(C)C)ccc1Oc1ccc(Cl)c(Cl)c1. The van der Waals surface area contributed by atoms with Gasteiger partial charge in [0.25, 0.3) is 0 Å². The standard InChI is InChI=1S/C17H18Cl2O2/c1-11-9-13(21-17(2,3)4)6-8-16(11)20-12-5-7-14(18)15(19)10-12/h5-10H,1-4H3. The van der Waals surface area contributed by atoms with Crippen molar-refractivity contribution in [3.8, 4) is 17.2 Å². The minimum absolute atomic E-state index is 0.224. The van der Waals surface area contributed by atoms with Crippen LogP contribution in [0.15, 0.2) is 36.4 Å². The second kappa shape index (κ2) is 6.17. The molecule has 0 amide bonds. The lowest BCUT2D eigenvalue weighted by atomic mass is 10.1. The van der Waals surface area contributed by atoms with Crippen molar-refractivity contribution in [2.24, 2.45) is 0 Å². The van der Waals surface area contributed by atoms with Crippen LogP contribution in [0.5, 0.6) is 17.2 Å². The third-order valence-corrected chi connectivity index (χ3v) is 3.43. The van der Waals surface area contributed by atoms with Gasteiger partial charge in [-0.05, 0) is 63.6 Å². The van der Waals surface area contributed by atoms with E-state index in [0.717, 1.165) is 17.1 Å². The Morgan fingerprint density at radius 3 is 2.10 bits per heavy atom. The molecule has 21 heavy (non-hydrogen) atoms. The van der Waals surface area contributed by atoms with Crippen molar-refractivity contribution in [1.82, 2.24) is 0 Å². The third kappa shape index (κ3) is 4.55. The van der Waals surface area contributed by atoms with E-state index in [4.69, 9.17) is 32.7 Å². The second-order valence-electron chi connectivity index (χ2n) is 5.82. The topological polar surface area (TPSA) is 18.5 Å².